The summed E-state index contributed by atoms with van der Waals surface area (Å²) in [6.45, 7) is 4.85. The van der Waals surface area contributed by atoms with Gasteiger partial charge in [-0.3, -0.25) is 9.48 Å². The topological polar surface area (TPSA) is 72.9 Å². The van der Waals surface area contributed by atoms with Crippen molar-refractivity contribution in [2.24, 2.45) is 5.73 Å². The van der Waals surface area contributed by atoms with E-state index in [0.29, 0.717) is 18.8 Å². The molecule has 3 N–H and O–H groups in total. The first kappa shape index (κ1) is 14.3. The van der Waals surface area contributed by atoms with Crippen molar-refractivity contribution < 1.29 is 4.79 Å². The minimum absolute atomic E-state index is 0.147. The first-order valence-electron chi connectivity index (χ1n) is 6.76. The third-order valence-corrected chi connectivity index (χ3v) is 3.18. The van der Waals surface area contributed by atoms with Gasteiger partial charge in [-0.05, 0) is 25.5 Å². The van der Waals surface area contributed by atoms with E-state index in [0.717, 1.165) is 11.3 Å². The van der Waals surface area contributed by atoms with Gasteiger partial charge in [0.2, 0.25) is 0 Å². The molecular formula is C15H20N4O. The molecular weight excluding hydrogens is 252 g/mol. The molecule has 2 aromatic rings. The van der Waals surface area contributed by atoms with Crippen LogP contribution in [0.25, 0.3) is 0 Å². The van der Waals surface area contributed by atoms with E-state index in [4.69, 9.17) is 5.73 Å². The molecule has 5 nitrogen and oxygen atoms in total. The third kappa shape index (κ3) is 3.05. The zero-order valence-corrected chi connectivity index (χ0v) is 11.8. The van der Waals surface area contributed by atoms with Gasteiger partial charge in [-0.25, -0.2) is 0 Å². The number of aryl methyl sites for hydroxylation is 2. The normalized spacial score (nSPS) is 12.2. The van der Waals surface area contributed by atoms with E-state index in [1.807, 2.05) is 44.2 Å². The summed E-state index contributed by atoms with van der Waals surface area (Å²) in [5.74, 6) is -0.147. The number of carbonyl (C=O) groups excluding carboxylic acids is 1. The predicted molar refractivity (Wildman–Crippen MR) is 78.3 cm³/mol. The van der Waals surface area contributed by atoms with Crippen molar-refractivity contribution in [2.45, 2.75) is 26.4 Å². The lowest BCUT2D eigenvalue weighted by molar-refractivity contribution is 0.0927. The fourth-order valence-corrected chi connectivity index (χ4v) is 2.17. The van der Waals surface area contributed by atoms with Crippen LogP contribution in [0.4, 0.5) is 0 Å². The van der Waals surface area contributed by atoms with Gasteiger partial charge in [-0.1, -0.05) is 30.3 Å². The van der Waals surface area contributed by atoms with Crippen molar-refractivity contribution in [1.29, 1.82) is 0 Å². The van der Waals surface area contributed by atoms with E-state index >= 15 is 0 Å². The number of hydrogen-bond acceptors (Lipinski definition) is 3. The highest BCUT2D eigenvalue weighted by Crippen LogP contribution is 2.12. The molecule has 0 radical (unpaired) electrons. The van der Waals surface area contributed by atoms with Crippen LogP contribution < -0.4 is 11.1 Å². The average molecular weight is 272 g/mol. The molecule has 0 aliphatic heterocycles. The molecule has 106 valence electrons. The molecule has 0 spiro atoms. The summed E-state index contributed by atoms with van der Waals surface area (Å²) in [7, 11) is 0. The molecule has 1 heterocycles. The molecule has 1 unspecified atom stereocenters. The van der Waals surface area contributed by atoms with Gasteiger partial charge in [0.15, 0.2) is 0 Å². The average Bonchev–Trinajstić information content (AvgIpc) is 2.86. The van der Waals surface area contributed by atoms with Crippen LogP contribution in [-0.2, 0) is 6.54 Å². The molecule has 1 aromatic heterocycles. The Morgan fingerprint density at radius 3 is 2.70 bits per heavy atom. The minimum Gasteiger partial charge on any atom is -0.343 e. The van der Waals surface area contributed by atoms with Gasteiger partial charge in [-0.15, -0.1) is 0 Å². The van der Waals surface area contributed by atoms with Crippen LogP contribution in [0, 0.1) is 6.92 Å². The van der Waals surface area contributed by atoms with E-state index in [-0.39, 0.29) is 11.9 Å². The second-order valence-electron chi connectivity index (χ2n) is 4.66. The fourth-order valence-electron chi connectivity index (χ4n) is 2.17. The Bertz CT molecular complexity index is 577. The molecule has 20 heavy (non-hydrogen) atoms. The zero-order valence-electron chi connectivity index (χ0n) is 11.8. The number of amides is 1. The summed E-state index contributed by atoms with van der Waals surface area (Å²) in [6, 6.07) is 11.3. The Hall–Kier alpha value is -2.14. The van der Waals surface area contributed by atoms with E-state index in [1.54, 1.807) is 10.7 Å². The molecule has 5 heteroatoms. The molecule has 0 saturated heterocycles. The Morgan fingerprint density at radius 1 is 1.40 bits per heavy atom. The van der Waals surface area contributed by atoms with Gasteiger partial charge in [-0.2, -0.15) is 5.10 Å². The maximum Gasteiger partial charge on any atom is 0.270 e. The Labute approximate surface area is 118 Å². The number of nitrogens with zero attached hydrogens (tertiary/aromatic N) is 2. The molecule has 0 saturated carbocycles. The molecule has 1 aromatic carbocycles. The quantitative estimate of drug-likeness (QED) is 0.869. The van der Waals surface area contributed by atoms with Crippen LogP contribution in [0.1, 0.15) is 34.7 Å². The van der Waals surface area contributed by atoms with Crippen molar-refractivity contribution >= 4 is 5.91 Å². The number of aromatic nitrogens is 2. The first-order valence-corrected chi connectivity index (χ1v) is 6.76. The second-order valence-corrected chi connectivity index (χ2v) is 4.66. The van der Waals surface area contributed by atoms with Crippen molar-refractivity contribution in [3.05, 3.63) is 53.3 Å². The van der Waals surface area contributed by atoms with Crippen molar-refractivity contribution in [3.8, 4) is 0 Å². The van der Waals surface area contributed by atoms with Crippen LogP contribution >= 0.6 is 0 Å². The molecule has 0 bridgehead atoms. The van der Waals surface area contributed by atoms with E-state index in [9.17, 15) is 4.79 Å². The highest BCUT2D eigenvalue weighted by molar-refractivity contribution is 5.93. The van der Waals surface area contributed by atoms with E-state index in [1.165, 1.54) is 0 Å². The maximum absolute atomic E-state index is 12.4. The summed E-state index contributed by atoms with van der Waals surface area (Å²) in [5.41, 5.74) is 8.18. The smallest absolute Gasteiger partial charge is 0.270 e. The number of nitrogens with two attached hydrogens (primary N) is 1. The Balaban J connectivity index is 2.17. The molecule has 0 aliphatic carbocycles. The molecule has 1 atom stereocenters. The lowest BCUT2D eigenvalue weighted by atomic mass is 10.1. The highest BCUT2D eigenvalue weighted by Gasteiger charge is 2.17. The lowest BCUT2D eigenvalue weighted by Crippen LogP contribution is -2.34. The maximum atomic E-state index is 12.4. The standard InChI is InChI=1S/C15H20N4O/c1-3-19-14(9-11(2)18-19)15(20)17-13(10-16)12-7-5-4-6-8-12/h4-9,13H,3,10,16H2,1-2H3,(H,17,20). The van der Waals surface area contributed by atoms with Gasteiger partial charge < -0.3 is 11.1 Å². The number of nitrogens with one attached hydrogen (secondary N) is 1. The number of hydrogen-bond donors (Lipinski definition) is 2. The summed E-state index contributed by atoms with van der Waals surface area (Å²) < 4.78 is 1.70. The summed E-state index contributed by atoms with van der Waals surface area (Å²) >= 11 is 0. The Morgan fingerprint density at radius 2 is 2.10 bits per heavy atom. The van der Waals surface area contributed by atoms with Crippen LogP contribution in [0.3, 0.4) is 0 Å². The monoisotopic (exact) mass is 272 g/mol. The fraction of sp³-hybridized carbons (Fsp3) is 0.333. The van der Waals surface area contributed by atoms with Gasteiger partial charge in [0, 0.05) is 13.1 Å². The summed E-state index contributed by atoms with van der Waals surface area (Å²) in [4.78, 5) is 12.4. The predicted octanol–water partition coefficient (Wildman–Crippen LogP) is 1.64. The van der Waals surface area contributed by atoms with Crippen molar-refractivity contribution in [3.63, 3.8) is 0 Å². The van der Waals surface area contributed by atoms with Crippen molar-refractivity contribution in [2.75, 3.05) is 6.54 Å². The largest absolute Gasteiger partial charge is 0.343 e. The molecule has 2 rings (SSSR count). The van der Waals surface area contributed by atoms with Gasteiger partial charge in [0.25, 0.3) is 5.91 Å². The van der Waals surface area contributed by atoms with Crippen LogP contribution in [0.5, 0.6) is 0 Å². The Kier molecular flexibility index (Phi) is 4.53. The van der Waals surface area contributed by atoms with Gasteiger partial charge >= 0.3 is 0 Å². The van der Waals surface area contributed by atoms with Crippen LogP contribution in [0.2, 0.25) is 0 Å². The summed E-state index contributed by atoms with van der Waals surface area (Å²) in [5, 5.41) is 7.24. The highest BCUT2D eigenvalue weighted by atomic mass is 16.2. The SMILES string of the molecule is CCn1nc(C)cc1C(=O)NC(CN)c1ccccc1. The van der Waals surface area contributed by atoms with Gasteiger partial charge in [0.1, 0.15) is 5.69 Å². The molecule has 1 amide bonds. The van der Waals surface area contributed by atoms with Crippen LogP contribution in [-0.4, -0.2) is 22.2 Å². The van der Waals surface area contributed by atoms with Crippen LogP contribution in [0.15, 0.2) is 36.4 Å². The van der Waals surface area contributed by atoms with Crippen molar-refractivity contribution in [1.82, 2.24) is 15.1 Å². The van der Waals surface area contributed by atoms with E-state index in [2.05, 4.69) is 10.4 Å². The minimum atomic E-state index is -0.191. The summed E-state index contributed by atoms with van der Waals surface area (Å²) in [6.07, 6.45) is 0. The molecule has 0 aliphatic rings. The number of carbonyl (C=O) groups is 1. The van der Waals surface area contributed by atoms with E-state index < -0.39 is 0 Å². The first-order chi connectivity index (χ1) is 9.65. The van der Waals surface area contributed by atoms with Gasteiger partial charge in [0.05, 0.1) is 11.7 Å². The second kappa shape index (κ2) is 6.34. The number of benzene rings is 1. The number of rotatable bonds is 5. The zero-order chi connectivity index (χ0) is 14.5. The molecule has 0 fully saturated rings. The third-order valence-electron chi connectivity index (χ3n) is 3.18. The lowest BCUT2D eigenvalue weighted by Gasteiger charge is -2.17.